The lowest BCUT2D eigenvalue weighted by Gasteiger charge is -2.04. The first-order valence-corrected chi connectivity index (χ1v) is 4.43. The molecule has 2 saturated carbocycles. The van der Waals surface area contributed by atoms with Gasteiger partial charge in [0.2, 0.25) is 0 Å². The quantitative estimate of drug-likeness (QED) is 0.544. The van der Waals surface area contributed by atoms with Gasteiger partial charge in [0.25, 0.3) is 0 Å². The minimum Gasteiger partial charge on any atom is -0.393 e. The van der Waals surface area contributed by atoms with Crippen LogP contribution in [0.1, 0.15) is 32.6 Å². The van der Waals surface area contributed by atoms with Crippen LogP contribution in [0, 0.1) is 17.8 Å². The normalized spacial score (nSPS) is 53.4. The second-order valence-corrected chi connectivity index (χ2v) is 4.22. The van der Waals surface area contributed by atoms with Gasteiger partial charge in [0.15, 0.2) is 0 Å². The highest BCUT2D eigenvalue weighted by Crippen LogP contribution is 2.46. The molecule has 58 valence electrons. The molecule has 0 spiro atoms. The number of hydrogen-bond acceptors (Lipinski definition) is 1. The van der Waals surface area contributed by atoms with E-state index in [4.69, 9.17) is 0 Å². The fourth-order valence-corrected chi connectivity index (χ4v) is 2.89. The lowest BCUT2D eigenvalue weighted by Crippen LogP contribution is -2.01. The fraction of sp³-hybridized carbons (Fsp3) is 1.00. The van der Waals surface area contributed by atoms with Crippen molar-refractivity contribution in [2.24, 2.45) is 17.8 Å². The summed E-state index contributed by atoms with van der Waals surface area (Å²) in [6.07, 6.45) is 4.98. The fourth-order valence-electron chi connectivity index (χ4n) is 2.89. The Morgan fingerprint density at radius 1 is 1.00 bits per heavy atom. The monoisotopic (exact) mass is 140 g/mol. The zero-order chi connectivity index (χ0) is 7.14. The van der Waals surface area contributed by atoms with Crippen molar-refractivity contribution in [2.45, 2.75) is 38.7 Å². The molecular weight excluding hydrogens is 124 g/mol. The van der Waals surface area contributed by atoms with Crippen molar-refractivity contribution < 1.29 is 5.11 Å². The Hall–Kier alpha value is -0.0400. The summed E-state index contributed by atoms with van der Waals surface area (Å²) in [5.74, 6) is 2.69. The van der Waals surface area contributed by atoms with Crippen LogP contribution in [0.2, 0.25) is 0 Å². The number of aliphatic hydroxyl groups excluding tert-OH is 1. The topological polar surface area (TPSA) is 20.2 Å². The average molecular weight is 140 g/mol. The van der Waals surface area contributed by atoms with Crippen LogP contribution in [0.15, 0.2) is 0 Å². The average Bonchev–Trinajstić information content (AvgIpc) is 2.21. The van der Waals surface area contributed by atoms with E-state index in [1.807, 2.05) is 0 Å². The van der Waals surface area contributed by atoms with Gasteiger partial charge in [-0.2, -0.15) is 0 Å². The van der Waals surface area contributed by atoms with E-state index >= 15 is 0 Å². The molecule has 2 aliphatic carbocycles. The largest absolute Gasteiger partial charge is 0.393 e. The minimum absolute atomic E-state index is 0.0440. The summed E-state index contributed by atoms with van der Waals surface area (Å²) in [6.45, 7) is 2.34. The zero-order valence-electron chi connectivity index (χ0n) is 6.59. The molecule has 10 heavy (non-hydrogen) atoms. The van der Waals surface area contributed by atoms with Crippen molar-refractivity contribution in [1.82, 2.24) is 0 Å². The van der Waals surface area contributed by atoms with E-state index in [2.05, 4.69) is 6.92 Å². The summed E-state index contributed by atoms with van der Waals surface area (Å²) in [6, 6.07) is 0. The van der Waals surface area contributed by atoms with E-state index in [0.717, 1.165) is 30.6 Å². The van der Waals surface area contributed by atoms with Crippen LogP contribution < -0.4 is 0 Å². The molecule has 0 saturated heterocycles. The number of hydrogen-bond donors (Lipinski definition) is 1. The van der Waals surface area contributed by atoms with Crippen molar-refractivity contribution in [3.8, 4) is 0 Å². The first-order chi connectivity index (χ1) is 4.75. The predicted octanol–water partition coefficient (Wildman–Crippen LogP) is 1.80. The Morgan fingerprint density at radius 2 is 1.50 bits per heavy atom. The van der Waals surface area contributed by atoms with Gasteiger partial charge in [-0.3, -0.25) is 0 Å². The maximum absolute atomic E-state index is 9.32. The van der Waals surface area contributed by atoms with Gasteiger partial charge in [0.05, 0.1) is 6.10 Å². The zero-order valence-corrected chi connectivity index (χ0v) is 6.59. The van der Waals surface area contributed by atoms with E-state index in [9.17, 15) is 5.11 Å². The summed E-state index contributed by atoms with van der Waals surface area (Å²) < 4.78 is 0. The van der Waals surface area contributed by atoms with Gasteiger partial charge in [-0.25, -0.2) is 0 Å². The molecule has 2 rings (SSSR count). The van der Waals surface area contributed by atoms with Crippen LogP contribution in [0.3, 0.4) is 0 Å². The second kappa shape index (κ2) is 2.23. The van der Waals surface area contributed by atoms with Gasteiger partial charge >= 0.3 is 0 Å². The number of rotatable bonds is 0. The molecule has 2 unspecified atom stereocenters. The van der Waals surface area contributed by atoms with Crippen LogP contribution in [0.4, 0.5) is 0 Å². The van der Waals surface area contributed by atoms with Crippen molar-refractivity contribution in [1.29, 1.82) is 0 Å². The van der Waals surface area contributed by atoms with E-state index in [0.29, 0.717) is 0 Å². The standard InChI is InChI=1S/C9H16O/c1-6-2-7-4-9(10)5-8(7)3-6/h6-10H,2-5H2,1H3/t6-,7?,8?,9+. The highest BCUT2D eigenvalue weighted by molar-refractivity contribution is 4.90. The Bertz CT molecular complexity index is 105. The molecule has 0 aromatic rings. The van der Waals surface area contributed by atoms with Gasteiger partial charge in [-0.1, -0.05) is 6.92 Å². The summed E-state index contributed by atoms with van der Waals surface area (Å²) in [5, 5.41) is 9.32. The van der Waals surface area contributed by atoms with Crippen molar-refractivity contribution in [3.63, 3.8) is 0 Å². The Labute approximate surface area is 62.4 Å². The summed E-state index contributed by atoms with van der Waals surface area (Å²) in [5.41, 5.74) is 0. The van der Waals surface area contributed by atoms with Gasteiger partial charge in [-0.15, -0.1) is 0 Å². The van der Waals surface area contributed by atoms with Crippen LogP contribution in [-0.4, -0.2) is 11.2 Å². The molecule has 1 heteroatoms. The van der Waals surface area contributed by atoms with Crippen LogP contribution in [-0.2, 0) is 0 Å². The number of fused-ring (bicyclic) bond motifs is 1. The highest BCUT2D eigenvalue weighted by atomic mass is 16.3. The molecule has 0 bridgehead atoms. The molecule has 1 nitrogen and oxygen atoms in total. The molecular formula is C9H16O. The Morgan fingerprint density at radius 3 is 2.00 bits per heavy atom. The molecule has 0 aliphatic heterocycles. The van der Waals surface area contributed by atoms with Crippen LogP contribution in [0.5, 0.6) is 0 Å². The van der Waals surface area contributed by atoms with E-state index < -0.39 is 0 Å². The first kappa shape index (κ1) is 6.66. The smallest absolute Gasteiger partial charge is 0.0545 e. The SMILES string of the molecule is C[C@H]1CC2C[C@@H](O)CC2C1. The molecule has 0 amide bonds. The third-order valence-corrected chi connectivity index (χ3v) is 3.23. The van der Waals surface area contributed by atoms with Crippen molar-refractivity contribution in [3.05, 3.63) is 0 Å². The van der Waals surface area contributed by atoms with Crippen molar-refractivity contribution >= 4 is 0 Å². The molecule has 2 atom stereocenters. The molecule has 1 N–H and O–H groups in total. The predicted molar refractivity (Wildman–Crippen MR) is 40.6 cm³/mol. The van der Waals surface area contributed by atoms with Crippen LogP contribution >= 0.6 is 0 Å². The second-order valence-electron chi connectivity index (χ2n) is 4.22. The molecule has 0 radical (unpaired) electrons. The molecule has 0 heterocycles. The highest BCUT2D eigenvalue weighted by Gasteiger charge is 2.39. The third-order valence-electron chi connectivity index (χ3n) is 3.23. The molecule has 0 aromatic heterocycles. The molecule has 2 aliphatic rings. The van der Waals surface area contributed by atoms with E-state index in [1.54, 1.807) is 0 Å². The maximum Gasteiger partial charge on any atom is 0.0545 e. The molecule has 2 fully saturated rings. The van der Waals surface area contributed by atoms with Gasteiger partial charge in [0.1, 0.15) is 0 Å². The summed E-state index contributed by atoms with van der Waals surface area (Å²) in [4.78, 5) is 0. The van der Waals surface area contributed by atoms with Gasteiger partial charge in [0, 0.05) is 0 Å². The Balaban J connectivity index is 2.00. The minimum atomic E-state index is 0.0440. The lowest BCUT2D eigenvalue weighted by molar-refractivity contribution is 0.169. The third kappa shape index (κ3) is 0.968. The number of aliphatic hydroxyl groups is 1. The summed E-state index contributed by atoms with van der Waals surface area (Å²) in [7, 11) is 0. The van der Waals surface area contributed by atoms with Gasteiger partial charge in [-0.05, 0) is 43.4 Å². The lowest BCUT2D eigenvalue weighted by atomic mass is 10.0. The first-order valence-electron chi connectivity index (χ1n) is 4.43. The van der Waals surface area contributed by atoms with Crippen LogP contribution in [0.25, 0.3) is 0 Å². The summed E-state index contributed by atoms with van der Waals surface area (Å²) >= 11 is 0. The Kier molecular flexibility index (Phi) is 1.48. The maximum atomic E-state index is 9.32. The van der Waals surface area contributed by atoms with E-state index in [1.165, 1.54) is 12.8 Å². The van der Waals surface area contributed by atoms with Gasteiger partial charge < -0.3 is 5.11 Å². The van der Waals surface area contributed by atoms with Crippen molar-refractivity contribution in [2.75, 3.05) is 0 Å². The molecule has 0 aromatic carbocycles. The van der Waals surface area contributed by atoms with E-state index in [-0.39, 0.29) is 6.10 Å².